The summed E-state index contributed by atoms with van der Waals surface area (Å²) in [6.07, 6.45) is 0.184. The van der Waals surface area contributed by atoms with Crippen LogP contribution in [0, 0.1) is 0 Å². The Morgan fingerprint density at radius 2 is 2.50 bits per heavy atom. The summed E-state index contributed by atoms with van der Waals surface area (Å²) in [5.74, 6) is 0.113. The van der Waals surface area contributed by atoms with Crippen LogP contribution in [0.3, 0.4) is 0 Å². The quantitative estimate of drug-likeness (QED) is 0.836. The van der Waals surface area contributed by atoms with E-state index in [9.17, 15) is 4.79 Å². The molecule has 0 aromatic carbocycles. The number of hydrogen-bond acceptors (Lipinski definition) is 5. The number of carbonyl (C=O) groups excluding carboxylic acids is 1. The highest BCUT2D eigenvalue weighted by Gasteiger charge is 2.18. The zero-order valence-corrected chi connectivity index (χ0v) is 13.0. The van der Waals surface area contributed by atoms with E-state index in [0.717, 1.165) is 26.2 Å². The molecule has 20 heavy (non-hydrogen) atoms. The van der Waals surface area contributed by atoms with Crippen molar-refractivity contribution in [1.29, 1.82) is 0 Å². The molecule has 112 valence electrons. The minimum absolute atomic E-state index is 0.113. The number of morpholine rings is 1. The summed E-state index contributed by atoms with van der Waals surface area (Å²) in [6.45, 7) is 4.45. The van der Waals surface area contributed by atoms with Crippen molar-refractivity contribution in [3.8, 4) is 0 Å². The van der Waals surface area contributed by atoms with Crippen molar-refractivity contribution in [3.05, 3.63) is 22.4 Å². The lowest BCUT2D eigenvalue weighted by Gasteiger charge is -2.30. The van der Waals surface area contributed by atoms with E-state index in [1.165, 1.54) is 4.88 Å². The van der Waals surface area contributed by atoms with Gasteiger partial charge in [-0.15, -0.1) is 11.3 Å². The highest BCUT2D eigenvalue weighted by Crippen LogP contribution is 2.10. The molecule has 2 rings (SSSR count). The summed E-state index contributed by atoms with van der Waals surface area (Å²) in [4.78, 5) is 17.2. The second-order valence-electron chi connectivity index (χ2n) is 5.22. The lowest BCUT2D eigenvalue weighted by atomic mass is 10.3. The van der Waals surface area contributed by atoms with E-state index in [2.05, 4.69) is 17.3 Å². The topological polar surface area (TPSA) is 44.8 Å². The van der Waals surface area contributed by atoms with Crippen LogP contribution in [0.2, 0.25) is 0 Å². The average Bonchev–Trinajstić information content (AvgIpc) is 2.91. The number of carbonyl (C=O) groups is 1. The van der Waals surface area contributed by atoms with E-state index in [1.54, 1.807) is 16.2 Å². The Morgan fingerprint density at radius 3 is 3.20 bits per heavy atom. The number of nitrogens with one attached hydrogen (secondary N) is 1. The van der Waals surface area contributed by atoms with Crippen LogP contribution in [-0.4, -0.2) is 68.7 Å². The van der Waals surface area contributed by atoms with Crippen molar-refractivity contribution in [1.82, 2.24) is 15.1 Å². The zero-order chi connectivity index (χ0) is 14.4. The molecular formula is C14H23N3O2S. The molecule has 1 aliphatic rings. The van der Waals surface area contributed by atoms with Crippen LogP contribution in [0.4, 0.5) is 0 Å². The molecule has 0 radical (unpaired) electrons. The largest absolute Gasteiger partial charge is 0.374 e. The molecule has 1 aliphatic heterocycles. The summed E-state index contributed by atoms with van der Waals surface area (Å²) < 4.78 is 5.65. The van der Waals surface area contributed by atoms with Gasteiger partial charge in [0.05, 0.1) is 25.8 Å². The first-order valence-electron chi connectivity index (χ1n) is 6.92. The van der Waals surface area contributed by atoms with Gasteiger partial charge in [0.1, 0.15) is 0 Å². The lowest BCUT2D eigenvalue weighted by Crippen LogP contribution is -2.46. The van der Waals surface area contributed by atoms with Gasteiger partial charge in [0.15, 0.2) is 0 Å². The van der Waals surface area contributed by atoms with Crippen LogP contribution in [0.1, 0.15) is 4.88 Å². The molecular weight excluding hydrogens is 274 g/mol. The number of rotatable bonds is 6. The van der Waals surface area contributed by atoms with Gasteiger partial charge in [-0.2, -0.15) is 0 Å². The second-order valence-corrected chi connectivity index (χ2v) is 6.25. The van der Waals surface area contributed by atoms with Crippen LogP contribution >= 0.6 is 11.3 Å². The number of nitrogens with zero attached hydrogens (tertiary/aromatic N) is 2. The van der Waals surface area contributed by atoms with E-state index >= 15 is 0 Å². The van der Waals surface area contributed by atoms with E-state index in [4.69, 9.17) is 4.74 Å². The van der Waals surface area contributed by atoms with Gasteiger partial charge in [0.2, 0.25) is 5.91 Å². The van der Waals surface area contributed by atoms with Gasteiger partial charge < -0.3 is 19.9 Å². The lowest BCUT2D eigenvalue weighted by molar-refractivity contribution is -0.129. The molecule has 0 unspecified atom stereocenters. The van der Waals surface area contributed by atoms with Gasteiger partial charge in [0.25, 0.3) is 0 Å². The first kappa shape index (κ1) is 15.4. The predicted molar refractivity (Wildman–Crippen MR) is 80.9 cm³/mol. The van der Waals surface area contributed by atoms with Gasteiger partial charge in [0, 0.05) is 31.6 Å². The SMILES string of the molecule is CN1CCO[C@H](CNCC(=O)N(C)Cc2cccs2)C1. The van der Waals surface area contributed by atoms with Gasteiger partial charge in [-0.25, -0.2) is 0 Å². The van der Waals surface area contributed by atoms with E-state index in [0.29, 0.717) is 13.1 Å². The smallest absolute Gasteiger partial charge is 0.236 e. The molecule has 6 heteroatoms. The minimum Gasteiger partial charge on any atom is -0.374 e. The molecule has 0 bridgehead atoms. The van der Waals surface area contributed by atoms with Crippen LogP contribution in [0.25, 0.3) is 0 Å². The van der Waals surface area contributed by atoms with Crippen molar-refractivity contribution in [2.75, 3.05) is 46.9 Å². The Balaban J connectivity index is 1.64. The molecule has 1 aromatic rings. The number of amides is 1. The van der Waals surface area contributed by atoms with E-state index in [1.807, 2.05) is 24.6 Å². The van der Waals surface area contributed by atoms with Crippen LogP contribution in [0.5, 0.6) is 0 Å². The summed E-state index contributed by atoms with van der Waals surface area (Å²) in [5, 5.41) is 5.23. The molecule has 5 nitrogen and oxygen atoms in total. The Labute approximate surface area is 124 Å². The molecule has 0 saturated carbocycles. The molecule has 0 aliphatic carbocycles. The maximum Gasteiger partial charge on any atom is 0.236 e. The van der Waals surface area contributed by atoms with Gasteiger partial charge >= 0.3 is 0 Å². The predicted octanol–water partition coefficient (Wildman–Crippen LogP) is 0.627. The van der Waals surface area contributed by atoms with Gasteiger partial charge in [-0.05, 0) is 18.5 Å². The molecule has 1 amide bonds. The Morgan fingerprint density at radius 1 is 1.65 bits per heavy atom. The fourth-order valence-electron chi connectivity index (χ4n) is 2.19. The summed E-state index contributed by atoms with van der Waals surface area (Å²) in [5.41, 5.74) is 0. The summed E-state index contributed by atoms with van der Waals surface area (Å²) in [7, 11) is 3.93. The summed E-state index contributed by atoms with van der Waals surface area (Å²) in [6, 6.07) is 4.06. The highest BCUT2D eigenvalue weighted by atomic mass is 32.1. The molecule has 1 N–H and O–H groups in total. The van der Waals surface area contributed by atoms with Gasteiger partial charge in [-0.1, -0.05) is 6.07 Å². The fourth-order valence-corrected chi connectivity index (χ4v) is 2.95. The third-order valence-corrected chi connectivity index (χ3v) is 4.25. The maximum atomic E-state index is 12.0. The summed E-state index contributed by atoms with van der Waals surface area (Å²) >= 11 is 1.68. The fraction of sp³-hybridized carbons (Fsp3) is 0.643. The Bertz CT molecular complexity index is 411. The second kappa shape index (κ2) is 7.73. The molecule has 1 atom stereocenters. The van der Waals surface area contributed by atoms with Crippen LogP contribution < -0.4 is 5.32 Å². The average molecular weight is 297 g/mol. The van der Waals surface area contributed by atoms with Crippen molar-refractivity contribution >= 4 is 17.2 Å². The monoisotopic (exact) mass is 297 g/mol. The van der Waals surface area contributed by atoms with Crippen LogP contribution in [0.15, 0.2) is 17.5 Å². The third-order valence-electron chi connectivity index (χ3n) is 3.39. The Kier molecular flexibility index (Phi) is 5.97. The molecule has 1 aromatic heterocycles. The minimum atomic E-state index is 0.113. The molecule has 0 spiro atoms. The first-order valence-corrected chi connectivity index (χ1v) is 7.80. The van der Waals surface area contributed by atoms with E-state index in [-0.39, 0.29) is 12.0 Å². The number of thiophene rings is 1. The Hall–Kier alpha value is -0.950. The normalized spacial score (nSPS) is 20.0. The standard InChI is InChI=1S/C14H23N3O2S/c1-16-5-6-19-12(10-16)8-15-9-14(18)17(2)11-13-4-3-7-20-13/h3-4,7,12,15H,5-6,8-11H2,1-2H3/t12-/m1/s1. The van der Waals surface area contributed by atoms with E-state index < -0.39 is 0 Å². The number of hydrogen-bond donors (Lipinski definition) is 1. The molecule has 2 heterocycles. The van der Waals surface area contributed by atoms with Crippen molar-refractivity contribution < 1.29 is 9.53 Å². The maximum absolute atomic E-state index is 12.0. The van der Waals surface area contributed by atoms with Crippen molar-refractivity contribution in [2.24, 2.45) is 0 Å². The number of ether oxygens (including phenoxy) is 1. The zero-order valence-electron chi connectivity index (χ0n) is 12.2. The molecule has 1 saturated heterocycles. The third kappa shape index (κ3) is 4.86. The van der Waals surface area contributed by atoms with Crippen molar-refractivity contribution in [2.45, 2.75) is 12.6 Å². The van der Waals surface area contributed by atoms with Crippen LogP contribution in [-0.2, 0) is 16.1 Å². The van der Waals surface area contributed by atoms with Gasteiger partial charge in [-0.3, -0.25) is 4.79 Å². The number of likely N-dealkylation sites (N-methyl/N-ethyl adjacent to an activating group) is 2. The highest BCUT2D eigenvalue weighted by molar-refractivity contribution is 7.09. The first-order chi connectivity index (χ1) is 9.65. The van der Waals surface area contributed by atoms with Crippen molar-refractivity contribution in [3.63, 3.8) is 0 Å². The molecule has 1 fully saturated rings.